The standard InChI is InChI=1S/C13H15N3O.ClH/c17-13(9-4-6-14-8-9)16-12-3-1-2-11-10(12)5-7-15-11;/h1-3,5,7,9,14-15H,4,6,8H2,(H,16,17);1H. The number of fused-ring (bicyclic) bond motifs is 1. The van der Waals surface area contributed by atoms with Crippen molar-refractivity contribution in [2.75, 3.05) is 18.4 Å². The van der Waals surface area contributed by atoms with E-state index >= 15 is 0 Å². The largest absolute Gasteiger partial charge is 0.361 e. The Hall–Kier alpha value is -1.52. The van der Waals surface area contributed by atoms with E-state index in [4.69, 9.17) is 0 Å². The maximum Gasteiger partial charge on any atom is 0.228 e. The molecule has 2 heterocycles. The summed E-state index contributed by atoms with van der Waals surface area (Å²) in [6, 6.07) is 7.87. The van der Waals surface area contributed by atoms with Crippen LogP contribution in [0.2, 0.25) is 0 Å². The molecule has 3 N–H and O–H groups in total. The highest BCUT2D eigenvalue weighted by molar-refractivity contribution is 6.02. The number of H-pyrrole nitrogens is 1. The maximum atomic E-state index is 12.0. The molecule has 0 radical (unpaired) electrons. The Kier molecular flexibility index (Phi) is 3.89. The lowest BCUT2D eigenvalue weighted by Gasteiger charge is -2.10. The average molecular weight is 266 g/mol. The predicted octanol–water partition coefficient (Wildman–Crippen LogP) is 2.14. The van der Waals surface area contributed by atoms with Gasteiger partial charge in [-0.3, -0.25) is 4.79 Å². The number of nitrogens with one attached hydrogen (secondary N) is 3. The molecule has 2 aromatic rings. The summed E-state index contributed by atoms with van der Waals surface area (Å²) in [5.41, 5.74) is 1.94. The van der Waals surface area contributed by atoms with E-state index in [0.29, 0.717) is 0 Å². The van der Waals surface area contributed by atoms with Crippen LogP contribution in [0.25, 0.3) is 10.9 Å². The summed E-state index contributed by atoms with van der Waals surface area (Å²) < 4.78 is 0. The molecular weight excluding hydrogens is 250 g/mol. The first kappa shape index (κ1) is 12.9. The molecule has 4 nitrogen and oxygen atoms in total. The van der Waals surface area contributed by atoms with E-state index < -0.39 is 0 Å². The summed E-state index contributed by atoms with van der Waals surface area (Å²) in [6.07, 6.45) is 2.81. The second-order valence-corrected chi connectivity index (χ2v) is 4.42. The molecule has 5 heteroatoms. The SMILES string of the molecule is Cl.O=C(Nc1cccc2[nH]ccc12)C1CCNC1. The highest BCUT2D eigenvalue weighted by Gasteiger charge is 2.22. The van der Waals surface area contributed by atoms with Gasteiger partial charge in [-0.25, -0.2) is 0 Å². The molecule has 1 fully saturated rings. The molecule has 1 aromatic heterocycles. The van der Waals surface area contributed by atoms with Gasteiger partial charge in [0.05, 0.1) is 11.6 Å². The van der Waals surface area contributed by atoms with E-state index in [1.54, 1.807) is 0 Å². The number of aromatic amines is 1. The number of benzene rings is 1. The highest BCUT2D eigenvalue weighted by Crippen LogP contribution is 2.23. The van der Waals surface area contributed by atoms with Crippen molar-refractivity contribution in [3.05, 3.63) is 30.5 Å². The van der Waals surface area contributed by atoms with Crippen LogP contribution in [0.15, 0.2) is 30.5 Å². The molecule has 1 unspecified atom stereocenters. The summed E-state index contributed by atoms with van der Waals surface area (Å²) in [7, 11) is 0. The zero-order valence-corrected chi connectivity index (χ0v) is 10.7. The van der Waals surface area contributed by atoms with E-state index in [9.17, 15) is 4.79 Å². The van der Waals surface area contributed by atoms with Crippen LogP contribution in [0.1, 0.15) is 6.42 Å². The second kappa shape index (κ2) is 5.42. The molecule has 1 aromatic carbocycles. The number of hydrogen-bond acceptors (Lipinski definition) is 2. The van der Waals surface area contributed by atoms with Crippen molar-refractivity contribution >= 4 is 34.9 Å². The van der Waals surface area contributed by atoms with E-state index in [1.807, 2.05) is 30.5 Å². The number of rotatable bonds is 2. The Bertz CT molecular complexity index is 546. The van der Waals surface area contributed by atoms with Crippen LogP contribution in [0, 0.1) is 5.92 Å². The van der Waals surface area contributed by atoms with Gasteiger partial charge in [0, 0.05) is 23.6 Å². The van der Waals surface area contributed by atoms with Crippen molar-refractivity contribution in [3.8, 4) is 0 Å². The molecule has 18 heavy (non-hydrogen) atoms. The Morgan fingerprint density at radius 2 is 2.22 bits per heavy atom. The minimum atomic E-state index is 0. The number of carbonyl (C=O) groups excluding carboxylic acids is 1. The average Bonchev–Trinajstić information content (AvgIpc) is 3.00. The van der Waals surface area contributed by atoms with Crippen LogP contribution in [-0.2, 0) is 4.79 Å². The molecule has 3 rings (SSSR count). The van der Waals surface area contributed by atoms with Gasteiger partial charge in [-0.2, -0.15) is 0 Å². The zero-order chi connectivity index (χ0) is 11.7. The van der Waals surface area contributed by atoms with Gasteiger partial charge in [0.2, 0.25) is 5.91 Å². The van der Waals surface area contributed by atoms with Crippen LogP contribution < -0.4 is 10.6 Å². The number of carbonyl (C=O) groups is 1. The topological polar surface area (TPSA) is 56.9 Å². The first-order chi connectivity index (χ1) is 8.34. The lowest BCUT2D eigenvalue weighted by molar-refractivity contribution is -0.119. The quantitative estimate of drug-likeness (QED) is 0.779. The van der Waals surface area contributed by atoms with Crippen molar-refractivity contribution in [3.63, 3.8) is 0 Å². The number of anilines is 1. The predicted molar refractivity (Wildman–Crippen MR) is 75.2 cm³/mol. The third kappa shape index (κ3) is 2.35. The monoisotopic (exact) mass is 265 g/mol. The minimum absolute atomic E-state index is 0. The Morgan fingerprint density at radius 1 is 1.33 bits per heavy atom. The summed E-state index contributed by atoms with van der Waals surface area (Å²) in [5, 5.41) is 7.28. The zero-order valence-electron chi connectivity index (χ0n) is 9.90. The normalized spacial score (nSPS) is 18.6. The molecule has 1 atom stereocenters. The summed E-state index contributed by atoms with van der Waals surface area (Å²) >= 11 is 0. The molecule has 0 saturated carbocycles. The van der Waals surface area contributed by atoms with Crippen molar-refractivity contribution in [1.29, 1.82) is 0 Å². The van der Waals surface area contributed by atoms with Crippen LogP contribution in [-0.4, -0.2) is 24.0 Å². The van der Waals surface area contributed by atoms with Gasteiger partial charge in [0.15, 0.2) is 0 Å². The lowest BCUT2D eigenvalue weighted by atomic mass is 10.1. The Balaban J connectivity index is 0.00000120. The van der Waals surface area contributed by atoms with Gasteiger partial charge in [-0.1, -0.05) is 6.07 Å². The van der Waals surface area contributed by atoms with Crippen molar-refractivity contribution < 1.29 is 4.79 Å². The number of halogens is 1. The Labute approximate surface area is 112 Å². The van der Waals surface area contributed by atoms with Gasteiger partial charge in [0.25, 0.3) is 0 Å². The molecular formula is C13H16ClN3O. The van der Waals surface area contributed by atoms with E-state index in [1.165, 1.54) is 0 Å². The van der Waals surface area contributed by atoms with Gasteiger partial charge in [-0.15, -0.1) is 12.4 Å². The van der Waals surface area contributed by atoms with Gasteiger partial charge in [-0.05, 0) is 31.2 Å². The van der Waals surface area contributed by atoms with Gasteiger partial charge >= 0.3 is 0 Å². The smallest absolute Gasteiger partial charge is 0.228 e. The van der Waals surface area contributed by atoms with Crippen LogP contribution in [0.4, 0.5) is 5.69 Å². The van der Waals surface area contributed by atoms with Crippen molar-refractivity contribution in [2.24, 2.45) is 5.92 Å². The van der Waals surface area contributed by atoms with Crippen LogP contribution >= 0.6 is 12.4 Å². The molecule has 0 aliphatic carbocycles. The maximum absolute atomic E-state index is 12.0. The van der Waals surface area contributed by atoms with Crippen LogP contribution in [0.3, 0.4) is 0 Å². The molecule has 1 amide bonds. The summed E-state index contributed by atoms with van der Waals surface area (Å²) in [5.74, 6) is 0.216. The van der Waals surface area contributed by atoms with E-state index in [-0.39, 0.29) is 24.2 Å². The van der Waals surface area contributed by atoms with Crippen molar-refractivity contribution in [1.82, 2.24) is 10.3 Å². The third-order valence-corrected chi connectivity index (χ3v) is 3.28. The minimum Gasteiger partial charge on any atom is -0.361 e. The summed E-state index contributed by atoms with van der Waals surface area (Å²) in [6.45, 7) is 1.72. The van der Waals surface area contributed by atoms with E-state index in [0.717, 1.165) is 36.1 Å². The fourth-order valence-electron chi connectivity index (χ4n) is 2.31. The molecule has 1 aliphatic rings. The van der Waals surface area contributed by atoms with Crippen molar-refractivity contribution in [2.45, 2.75) is 6.42 Å². The first-order valence-electron chi connectivity index (χ1n) is 5.92. The fraction of sp³-hybridized carbons (Fsp3) is 0.308. The molecule has 1 saturated heterocycles. The lowest BCUT2D eigenvalue weighted by Crippen LogP contribution is -2.24. The first-order valence-corrected chi connectivity index (χ1v) is 5.92. The Morgan fingerprint density at radius 3 is 3.00 bits per heavy atom. The summed E-state index contributed by atoms with van der Waals surface area (Å²) in [4.78, 5) is 15.2. The third-order valence-electron chi connectivity index (χ3n) is 3.28. The van der Waals surface area contributed by atoms with Crippen LogP contribution in [0.5, 0.6) is 0 Å². The molecule has 0 spiro atoms. The number of hydrogen-bond donors (Lipinski definition) is 3. The number of aromatic nitrogens is 1. The molecule has 1 aliphatic heterocycles. The van der Waals surface area contributed by atoms with Gasteiger partial charge in [0.1, 0.15) is 0 Å². The van der Waals surface area contributed by atoms with Gasteiger partial charge < -0.3 is 15.6 Å². The number of amides is 1. The second-order valence-electron chi connectivity index (χ2n) is 4.42. The molecule has 96 valence electrons. The van der Waals surface area contributed by atoms with E-state index in [2.05, 4.69) is 15.6 Å². The highest BCUT2D eigenvalue weighted by atomic mass is 35.5. The fourth-order valence-corrected chi connectivity index (χ4v) is 2.31. The molecule has 0 bridgehead atoms.